The second kappa shape index (κ2) is 34.6. The van der Waals surface area contributed by atoms with Gasteiger partial charge in [-0.15, -0.1) is 0 Å². The lowest BCUT2D eigenvalue weighted by Crippen LogP contribution is -2.61. The average molecular weight is 1050 g/mol. The van der Waals surface area contributed by atoms with Gasteiger partial charge in [-0.1, -0.05) is 12.5 Å². The summed E-state index contributed by atoms with van der Waals surface area (Å²) < 4.78 is 0. The normalized spacial score (nSPS) is 16.2. The number of carboxylic acids is 1. The summed E-state index contributed by atoms with van der Waals surface area (Å²) in [6.45, 7) is -0.300. The fourth-order valence-corrected chi connectivity index (χ4v) is 7.63. The molecule has 1 aliphatic rings. The van der Waals surface area contributed by atoms with Crippen molar-refractivity contribution in [3.63, 3.8) is 0 Å². The van der Waals surface area contributed by atoms with Crippen molar-refractivity contribution >= 4 is 59.2 Å². The molecule has 0 radical (unpaired) electrons. The Morgan fingerprint density at radius 1 is 0.757 bits per heavy atom. The van der Waals surface area contributed by atoms with E-state index in [0.29, 0.717) is 44.3 Å². The highest BCUT2D eigenvalue weighted by molar-refractivity contribution is 5.99. The van der Waals surface area contributed by atoms with Crippen LogP contribution in [0.4, 0.5) is 0 Å². The summed E-state index contributed by atoms with van der Waals surface area (Å²) in [5.74, 6) is -8.12. The topological polar surface area (TPSA) is 531 Å². The minimum Gasteiger partial charge on any atom is -0.477 e. The molecule has 8 atom stereocenters. The van der Waals surface area contributed by atoms with Gasteiger partial charge in [0, 0.05) is 37.9 Å². The van der Waals surface area contributed by atoms with Crippen molar-refractivity contribution in [2.24, 2.45) is 50.9 Å². The molecule has 2 heterocycles. The Balaban J connectivity index is 2.24. The van der Waals surface area contributed by atoms with Crippen molar-refractivity contribution in [2.75, 3.05) is 52.4 Å². The number of imidazole rings is 1. The molecule has 1 aromatic heterocycles. The number of unbranched alkanes of at least 4 members (excludes halogenated alkanes) is 2. The zero-order chi connectivity index (χ0) is 55.2. The number of likely N-dealkylation sites (tertiary alicyclic amines) is 1. The number of hydrogen-bond acceptors (Lipinski definition) is 18. The highest BCUT2D eigenvalue weighted by atomic mass is 16.4. The first kappa shape index (κ1) is 63.3. The number of aliphatic hydroxyl groups is 1. The van der Waals surface area contributed by atoms with Gasteiger partial charge >= 0.3 is 5.97 Å². The Labute approximate surface area is 428 Å². The monoisotopic (exact) mass is 1050 g/mol. The summed E-state index contributed by atoms with van der Waals surface area (Å²) >= 11 is 0. The molecule has 26 N–H and O–H groups in total. The second-order valence-electron chi connectivity index (χ2n) is 17.5. The van der Waals surface area contributed by atoms with Crippen LogP contribution >= 0.6 is 0 Å². The van der Waals surface area contributed by atoms with E-state index in [-0.39, 0.29) is 90.0 Å². The number of amides is 8. The molecule has 3 unspecified atom stereocenters. The van der Waals surface area contributed by atoms with Gasteiger partial charge in [-0.3, -0.25) is 43.3 Å². The van der Waals surface area contributed by atoms with Crippen molar-refractivity contribution < 1.29 is 53.4 Å². The first-order valence-corrected chi connectivity index (χ1v) is 24.6. The van der Waals surface area contributed by atoms with E-state index >= 15 is 0 Å². The Kier molecular flexibility index (Phi) is 29.6. The molecule has 8 amide bonds. The fraction of sp³-hybridized carbons (Fsp3) is 0.659. The number of hydrogen-bond donors (Lipinski definition) is 18. The van der Waals surface area contributed by atoms with Crippen LogP contribution in [-0.2, 0) is 49.6 Å². The van der Waals surface area contributed by atoms with Crippen LogP contribution in [0.15, 0.2) is 29.3 Å². The zero-order valence-electron chi connectivity index (χ0n) is 41.7. The van der Waals surface area contributed by atoms with E-state index in [2.05, 4.69) is 52.2 Å². The molecule has 0 bridgehead atoms. The number of H-pyrrole nitrogens is 1. The van der Waals surface area contributed by atoms with E-state index in [1.54, 1.807) is 0 Å². The van der Waals surface area contributed by atoms with Gasteiger partial charge in [0.25, 0.3) is 0 Å². The molecule has 2 rings (SSSR count). The number of aliphatic imine (C=N–C) groups is 1. The summed E-state index contributed by atoms with van der Waals surface area (Å²) in [4.78, 5) is 133. The molecular weight excluding hydrogens is 971 g/mol. The lowest BCUT2D eigenvalue weighted by atomic mass is 10.1. The van der Waals surface area contributed by atoms with Crippen LogP contribution in [0.2, 0.25) is 0 Å². The Morgan fingerprint density at radius 2 is 1.41 bits per heavy atom. The maximum Gasteiger partial charge on any atom is 0.352 e. The van der Waals surface area contributed by atoms with Crippen molar-refractivity contribution in [3.05, 3.63) is 30.0 Å². The SMILES string of the molecule is NCCCCC(N)C(=O)N[C@H](C(=O)NC(CCN)C(=O)NCC(=O)N[C@H](CCCN)C(=O)N1CCC[C@H]1C(=O)NC(Cc1cnc[nH]1)C(=O)N[C@@H](CCCCN)C(=O)N/C(=C\CCN=C(N)N)C(=O)O)[C@@H](O)CN. The Morgan fingerprint density at radius 3 is 2.01 bits per heavy atom. The number of nitrogens with one attached hydrogen (secondary N) is 8. The Bertz CT molecular complexity index is 2040. The minimum atomic E-state index is -1.60. The van der Waals surface area contributed by atoms with Crippen molar-refractivity contribution in [3.8, 4) is 0 Å². The number of carboxylic acid groups (broad SMARTS) is 1. The number of aliphatic hydroxyl groups excluding tert-OH is 1. The number of carbonyl (C=O) groups excluding carboxylic acids is 8. The molecule has 30 nitrogen and oxygen atoms in total. The minimum absolute atomic E-state index is 0.0342. The number of aliphatic carboxylic acids is 1. The molecule has 416 valence electrons. The predicted molar refractivity (Wildman–Crippen MR) is 270 cm³/mol. The van der Waals surface area contributed by atoms with Gasteiger partial charge in [0.05, 0.1) is 25.0 Å². The van der Waals surface area contributed by atoms with Gasteiger partial charge < -0.3 is 103 Å². The number of guanidine groups is 1. The number of rotatable bonds is 36. The molecule has 1 saturated heterocycles. The van der Waals surface area contributed by atoms with E-state index < -0.39 is 120 Å². The number of aromatic nitrogens is 2. The fourth-order valence-electron chi connectivity index (χ4n) is 7.63. The number of nitrogens with zero attached hydrogens (tertiary/aromatic N) is 3. The third kappa shape index (κ3) is 22.5. The lowest BCUT2D eigenvalue weighted by molar-refractivity contribution is -0.142. The number of nitrogens with two attached hydrogens (primary N) is 8. The second-order valence-corrected chi connectivity index (χ2v) is 17.5. The van der Waals surface area contributed by atoms with Crippen LogP contribution in [-0.4, -0.2) is 185 Å². The molecule has 1 fully saturated rings. The van der Waals surface area contributed by atoms with Crippen LogP contribution in [0.3, 0.4) is 0 Å². The number of carbonyl (C=O) groups is 9. The lowest BCUT2D eigenvalue weighted by Gasteiger charge is -2.30. The smallest absolute Gasteiger partial charge is 0.352 e. The van der Waals surface area contributed by atoms with E-state index in [0.717, 1.165) is 0 Å². The van der Waals surface area contributed by atoms with Gasteiger partial charge in [0.15, 0.2) is 5.96 Å². The zero-order valence-corrected chi connectivity index (χ0v) is 41.7. The molecule has 0 saturated carbocycles. The third-order valence-corrected chi connectivity index (χ3v) is 11.6. The van der Waals surface area contributed by atoms with E-state index in [1.165, 1.54) is 23.5 Å². The van der Waals surface area contributed by atoms with Crippen molar-refractivity contribution in [2.45, 2.75) is 132 Å². The summed E-state index contributed by atoms with van der Waals surface area (Å²) in [5.41, 5.74) is 44.8. The van der Waals surface area contributed by atoms with Crippen LogP contribution in [0.5, 0.6) is 0 Å². The molecule has 1 aliphatic heterocycles. The molecule has 0 aliphatic carbocycles. The van der Waals surface area contributed by atoms with E-state index in [4.69, 9.17) is 45.9 Å². The predicted octanol–water partition coefficient (Wildman–Crippen LogP) is -7.78. The molecule has 0 aromatic carbocycles. The highest BCUT2D eigenvalue weighted by Crippen LogP contribution is 2.20. The Hall–Kier alpha value is -6.83. The maximum atomic E-state index is 14.2. The van der Waals surface area contributed by atoms with Crippen LogP contribution in [0, 0.1) is 0 Å². The van der Waals surface area contributed by atoms with Crippen LogP contribution in [0.1, 0.15) is 82.7 Å². The van der Waals surface area contributed by atoms with Gasteiger partial charge in [0.1, 0.15) is 41.9 Å². The molecule has 0 spiro atoms. The first-order chi connectivity index (χ1) is 35.3. The first-order valence-electron chi connectivity index (χ1n) is 24.6. The van der Waals surface area contributed by atoms with Gasteiger partial charge in [-0.2, -0.15) is 0 Å². The quantitative estimate of drug-likeness (QED) is 0.0128. The molecule has 74 heavy (non-hydrogen) atoms. The summed E-state index contributed by atoms with van der Waals surface area (Å²) in [7, 11) is 0. The summed E-state index contributed by atoms with van der Waals surface area (Å²) in [6.07, 6.45) is 5.32. The van der Waals surface area contributed by atoms with Gasteiger partial charge in [-0.05, 0) is 96.8 Å². The van der Waals surface area contributed by atoms with Crippen LogP contribution in [0.25, 0.3) is 0 Å². The van der Waals surface area contributed by atoms with Crippen LogP contribution < -0.4 is 83.1 Å². The highest BCUT2D eigenvalue weighted by Gasteiger charge is 2.40. The van der Waals surface area contributed by atoms with Gasteiger partial charge in [-0.25, -0.2) is 9.78 Å². The molecule has 1 aromatic rings. The van der Waals surface area contributed by atoms with Gasteiger partial charge in [0.2, 0.25) is 47.3 Å². The molecular formula is C44H79N19O11. The van der Waals surface area contributed by atoms with Crippen molar-refractivity contribution in [1.29, 1.82) is 0 Å². The standard InChI is InChI=1S/C44H79N19O11/c45-14-3-1-8-26(50)36(66)62-35(33(64)21-49)41(71)59-28(13-17-48)37(67)55-23-34(65)57-29(10-5-16-47)42(72)63-19-7-12-32(63)40(70)61-31(20-25-22-53-24-56-25)39(69)58-27(9-2-4-15-46)38(68)60-30(43(73)74)11-6-18-54-44(51)52/h11,22,24,26-29,31-33,35,64H,1-10,12-21,23,45-50H2,(H,53,56)(H,55,67)(H,57,65)(H,58,69)(H,59,71)(H,60,68)(H,61,70)(H,62,66)(H,73,74)(H4,51,52,54)/b30-11-/t26?,27-,28?,29+,31?,32-,33-,35-/m0/s1. The third-order valence-electron chi connectivity index (χ3n) is 11.6. The average Bonchev–Trinajstić information content (AvgIpc) is 4.09. The van der Waals surface area contributed by atoms with Crippen molar-refractivity contribution in [1.82, 2.24) is 52.1 Å². The number of aromatic amines is 1. The summed E-state index contributed by atoms with van der Waals surface area (Å²) in [5, 5.41) is 37.7. The largest absolute Gasteiger partial charge is 0.477 e. The van der Waals surface area contributed by atoms with E-state index in [1.807, 2.05) is 0 Å². The molecule has 30 heteroatoms. The summed E-state index contributed by atoms with van der Waals surface area (Å²) in [6, 6.07) is -8.96. The van der Waals surface area contributed by atoms with E-state index in [9.17, 15) is 53.4 Å². The maximum absolute atomic E-state index is 14.2.